The lowest BCUT2D eigenvalue weighted by Gasteiger charge is -2.24. The van der Waals surface area contributed by atoms with E-state index in [1.54, 1.807) is 33.9 Å². The van der Waals surface area contributed by atoms with Crippen molar-refractivity contribution < 1.29 is 28.9 Å². The molecule has 0 bridgehead atoms. The second kappa shape index (κ2) is 9.03. The van der Waals surface area contributed by atoms with Crippen molar-refractivity contribution in [1.82, 2.24) is 5.32 Å². The molecule has 0 aliphatic carbocycles. The van der Waals surface area contributed by atoms with Crippen LogP contribution < -0.4 is 19.7 Å². The normalized spacial score (nSPS) is 15.1. The van der Waals surface area contributed by atoms with Crippen molar-refractivity contribution in [1.29, 1.82) is 0 Å². The van der Waals surface area contributed by atoms with Crippen molar-refractivity contribution in [3.8, 4) is 11.5 Å². The number of carbonyl (C=O) groups is 2. The molecule has 0 radical (unpaired) electrons. The summed E-state index contributed by atoms with van der Waals surface area (Å²) >= 11 is 0. The maximum atomic E-state index is 12.0. The van der Waals surface area contributed by atoms with Crippen molar-refractivity contribution >= 4 is 17.7 Å². The van der Waals surface area contributed by atoms with Gasteiger partial charge in [0.2, 0.25) is 0 Å². The highest BCUT2D eigenvalue weighted by Gasteiger charge is 2.27. The monoisotopic (exact) mass is 394 g/mol. The molecular formula is C20H30N2O6. The number of carboxylic acid groups (broad SMARTS) is 1. The number of hydrogen-bond donors (Lipinski definition) is 2. The third-order valence-corrected chi connectivity index (χ3v) is 4.44. The maximum absolute atomic E-state index is 12.0. The molecule has 1 aromatic carbocycles. The van der Waals surface area contributed by atoms with Crippen molar-refractivity contribution in [2.75, 3.05) is 32.2 Å². The molecule has 8 heteroatoms. The zero-order chi connectivity index (χ0) is 20.9. The molecule has 1 fully saturated rings. The van der Waals surface area contributed by atoms with E-state index in [9.17, 15) is 14.7 Å². The minimum absolute atomic E-state index is 0.0361. The van der Waals surface area contributed by atoms with Crippen molar-refractivity contribution in [3.05, 3.63) is 17.7 Å². The number of nitrogens with one attached hydrogen (secondary N) is 1. The fraction of sp³-hybridized carbons (Fsp3) is 0.600. The molecule has 1 aromatic rings. The van der Waals surface area contributed by atoms with E-state index in [4.69, 9.17) is 14.2 Å². The number of methoxy groups -OCH3 is 2. The van der Waals surface area contributed by atoms with E-state index in [0.29, 0.717) is 17.1 Å². The summed E-state index contributed by atoms with van der Waals surface area (Å²) in [5.41, 5.74) is 0.837. The lowest BCUT2D eigenvalue weighted by Crippen LogP contribution is -2.44. The number of aliphatic carboxylic acids is 1. The van der Waals surface area contributed by atoms with Crippen LogP contribution in [0.15, 0.2) is 12.1 Å². The summed E-state index contributed by atoms with van der Waals surface area (Å²) < 4.78 is 16.2. The Hall–Kier alpha value is -2.64. The molecule has 1 saturated heterocycles. The van der Waals surface area contributed by atoms with Crippen molar-refractivity contribution in [3.63, 3.8) is 0 Å². The van der Waals surface area contributed by atoms with E-state index in [1.807, 2.05) is 6.07 Å². The molecule has 2 rings (SSSR count). The minimum Gasteiger partial charge on any atom is -0.496 e. The van der Waals surface area contributed by atoms with E-state index < -0.39 is 23.7 Å². The van der Waals surface area contributed by atoms with Crippen LogP contribution >= 0.6 is 0 Å². The van der Waals surface area contributed by atoms with Gasteiger partial charge in [-0.05, 0) is 39.7 Å². The van der Waals surface area contributed by atoms with Crippen LogP contribution in [-0.2, 0) is 16.0 Å². The van der Waals surface area contributed by atoms with Gasteiger partial charge in [0.1, 0.15) is 23.1 Å². The standard InChI is InChI=1S/C20H30N2O6/c1-20(2,3)28-19(25)21-14(18(23)24)10-13-11-17(27-5)15(12-16(13)26-4)22-8-6-7-9-22/h11-12,14H,6-10H2,1-5H3,(H,21,25)(H,23,24). The molecule has 0 aromatic heterocycles. The lowest BCUT2D eigenvalue weighted by molar-refractivity contribution is -0.139. The predicted octanol–water partition coefficient (Wildman–Crippen LogP) is 2.82. The van der Waals surface area contributed by atoms with Crippen LogP contribution in [0.5, 0.6) is 11.5 Å². The molecule has 1 heterocycles. The lowest BCUT2D eigenvalue weighted by atomic mass is 10.0. The molecule has 0 spiro atoms. The Bertz CT molecular complexity index is 707. The van der Waals surface area contributed by atoms with Crippen molar-refractivity contribution in [2.24, 2.45) is 0 Å². The van der Waals surface area contributed by atoms with Gasteiger partial charge in [-0.25, -0.2) is 9.59 Å². The SMILES string of the molecule is COc1cc(N2CCCC2)c(OC)cc1CC(NC(=O)OC(C)(C)C)C(=O)O. The number of nitrogens with zero attached hydrogens (tertiary/aromatic N) is 1. The smallest absolute Gasteiger partial charge is 0.408 e. The number of alkyl carbamates (subject to hydrolysis) is 1. The summed E-state index contributed by atoms with van der Waals surface area (Å²) in [5.74, 6) is 0.0505. The van der Waals surface area contributed by atoms with Gasteiger partial charge in [0, 0.05) is 31.1 Å². The summed E-state index contributed by atoms with van der Waals surface area (Å²) in [6, 6.07) is 2.48. The molecule has 1 atom stereocenters. The molecule has 1 aliphatic heterocycles. The third-order valence-electron chi connectivity index (χ3n) is 4.44. The van der Waals surface area contributed by atoms with Gasteiger partial charge in [0.25, 0.3) is 0 Å². The Morgan fingerprint density at radius 3 is 2.25 bits per heavy atom. The fourth-order valence-corrected chi connectivity index (χ4v) is 3.18. The number of carboxylic acids is 1. The van der Waals surface area contributed by atoms with Crippen LogP contribution in [0.25, 0.3) is 0 Å². The van der Waals surface area contributed by atoms with Gasteiger partial charge < -0.3 is 29.5 Å². The Morgan fingerprint density at radius 2 is 1.75 bits per heavy atom. The second-order valence-corrected chi connectivity index (χ2v) is 7.77. The van der Waals surface area contributed by atoms with Gasteiger partial charge in [-0.15, -0.1) is 0 Å². The second-order valence-electron chi connectivity index (χ2n) is 7.77. The molecule has 1 unspecified atom stereocenters. The van der Waals surface area contributed by atoms with E-state index in [0.717, 1.165) is 31.6 Å². The number of anilines is 1. The van der Waals surface area contributed by atoms with Crippen LogP contribution in [0.4, 0.5) is 10.5 Å². The first-order valence-corrected chi connectivity index (χ1v) is 9.36. The average Bonchev–Trinajstić information content (AvgIpc) is 3.13. The number of carbonyl (C=O) groups excluding carboxylic acids is 1. The van der Waals surface area contributed by atoms with E-state index in [1.165, 1.54) is 7.11 Å². The van der Waals surface area contributed by atoms with Gasteiger partial charge in [0.15, 0.2) is 0 Å². The van der Waals surface area contributed by atoms with Gasteiger partial charge in [-0.2, -0.15) is 0 Å². The molecule has 8 nitrogen and oxygen atoms in total. The first kappa shape index (κ1) is 21.7. The predicted molar refractivity (Wildman–Crippen MR) is 105 cm³/mol. The summed E-state index contributed by atoms with van der Waals surface area (Å²) in [6.45, 7) is 7.03. The first-order valence-electron chi connectivity index (χ1n) is 9.36. The Kier molecular flexibility index (Phi) is 6.99. The van der Waals surface area contributed by atoms with E-state index in [-0.39, 0.29) is 6.42 Å². The Balaban J connectivity index is 2.26. The molecule has 1 amide bonds. The Morgan fingerprint density at radius 1 is 1.14 bits per heavy atom. The molecule has 1 aliphatic rings. The highest BCUT2D eigenvalue weighted by molar-refractivity contribution is 5.80. The van der Waals surface area contributed by atoms with Crippen molar-refractivity contribution in [2.45, 2.75) is 51.7 Å². The summed E-state index contributed by atoms with van der Waals surface area (Å²) in [6.07, 6.45) is 1.50. The van der Waals surface area contributed by atoms with E-state index >= 15 is 0 Å². The molecule has 0 saturated carbocycles. The van der Waals surface area contributed by atoms with Crippen LogP contribution in [0.2, 0.25) is 0 Å². The molecule has 2 N–H and O–H groups in total. The van der Waals surface area contributed by atoms with Gasteiger partial charge in [-0.3, -0.25) is 0 Å². The number of rotatable bonds is 7. The fourth-order valence-electron chi connectivity index (χ4n) is 3.18. The number of hydrogen-bond acceptors (Lipinski definition) is 6. The van der Waals surface area contributed by atoms with Crippen LogP contribution in [0.3, 0.4) is 0 Å². The maximum Gasteiger partial charge on any atom is 0.408 e. The highest BCUT2D eigenvalue weighted by Crippen LogP contribution is 2.37. The van der Waals surface area contributed by atoms with Gasteiger partial charge >= 0.3 is 12.1 Å². The Labute approximate surface area is 165 Å². The topological polar surface area (TPSA) is 97.3 Å². The quantitative estimate of drug-likeness (QED) is 0.734. The third kappa shape index (κ3) is 5.68. The average molecular weight is 394 g/mol. The number of amides is 1. The summed E-state index contributed by atoms with van der Waals surface area (Å²) in [5, 5.41) is 12.0. The number of ether oxygens (including phenoxy) is 3. The highest BCUT2D eigenvalue weighted by atomic mass is 16.6. The first-order chi connectivity index (χ1) is 13.1. The van der Waals surface area contributed by atoms with Crippen LogP contribution in [0.1, 0.15) is 39.2 Å². The van der Waals surface area contributed by atoms with E-state index in [2.05, 4.69) is 10.2 Å². The molecule has 156 valence electrons. The van der Waals surface area contributed by atoms with Gasteiger partial charge in [-0.1, -0.05) is 0 Å². The van der Waals surface area contributed by atoms with Gasteiger partial charge in [0.05, 0.1) is 19.9 Å². The molecular weight excluding hydrogens is 364 g/mol. The van der Waals surface area contributed by atoms with Crippen LogP contribution in [-0.4, -0.2) is 56.1 Å². The molecule has 28 heavy (non-hydrogen) atoms. The summed E-state index contributed by atoms with van der Waals surface area (Å²) in [7, 11) is 3.12. The zero-order valence-corrected chi connectivity index (χ0v) is 17.2. The largest absolute Gasteiger partial charge is 0.496 e. The summed E-state index contributed by atoms with van der Waals surface area (Å²) in [4.78, 5) is 25.9. The zero-order valence-electron chi connectivity index (χ0n) is 17.2. The minimum atomic E-state index is -1.16. The van der Waals surface area contributed by atoms with Crippen LogP contribution in [0, 0.1) is 0 Å². The number of benzene rings is 1.